The molecule has 0 spiro atoms. The highest BCUT2D eigenvalue weighted by Gasteiger charge is 2.15. The second kappa shape index (κ2) is 5.54. The van der Waals surface area contributed by atoms with E-state index in [9.17, 15) is 4.79 Å². The van der Waals surface area contributed by atoms with Gasteiger partial charge < -0.3 is 10.2 Å². The van der Waals surface area contributed by atoms with E-state index in [2.05, 4.69) is 20.6 Å². The normalized spacial score (nSPS) is 10.4. The summed E-state index contributed by atoms with van der Waals surface area (Å²) in [6.45, 7) is 7.17. The van der Waals surface area contributed by atoms with Gasteiger partial charge >= 0.3 is 0 Å². The van der Waals surface area contributed by atoms with E-state index in [-0.39, 0.29) is 11.2 Å². The van der Waals surface area contributed by atoms with Gasteiger partial charge in [-0.25, -0.2) is 4.85 Å². The zero-order chi connectivity index (χ0) is 15.7. The molecule has 22 heavy (non-hydrogen) atoms. The number of aromatic nitrogens is 1. The van der Waals surface area contributed by atoms with Crippen molar-refractivity contribution in [3.05, 3.63) is 58.2 Å². The lowest BCUT2D eigenvalue weighted by Crippen LogP contribution is -2.11. The minimum atomic E-state index is -0.353. The van der Waals surface area contributed by atoms with Crippen LogP contribution in [0.4, 0.5) is 22.1 Å². The molecule has 110 valence electrons. The number of nitrogens with zero attached hydrogens (tertiary/aromatic N) is 2. The minimum absolute atomic E-state index is 0.0997. The predicted molar refractivity (Wildman–Crippen MR) is 92.8 cm³/mol. The summed E-state index contributed by atoms with van der Waals surface area (Å²) in [6, 6.07) is 12.1. The molecule has 3 rings (SSSR count). The van der Waals surface area contributed by atoms with Gasteiger partial charge in [0.2, 0.25) is 0 Å². The number of anilines is 3. The Labute approximate surface area is 131 Å². The Hall–Kier alpha value is -2.78. The highest BCUT2D eigenvalue weighted by Crippen LogP contribution is 2.38. The van der Waals surface area contributed by atoms with Gasteiger partial charge in [-0.2, -0.15) is 0 Å². The Kier molecular flexibility index (Phi) is 3.57. The number of fused-ring (bicyclic) bond motifs is 1. The summed E-state index contributed by atoms with van der Waals surface area (Å²) in [5, 5.41) is 5.96. The third kappa shape index (κ3) is 2.32. The average Bonchev–Trinajstić information content (AvgIpc) is 2.87. The van der Waals surface area contributed by atoms with E-state index in [1.807, 2.05) is 49.3 Å². The van der Waals surface area contributed by atoms with E-state index >= 15 is 0 Å². The molecule has 0 saturated heterocycles. The highest BCUT2D eigenvalue weighted by molar-refractivity contribution is 7.11. The molecule has 0 bridgehead atoms. The number of hydrogen-bond donors (Lipinski definition) is 2. The van der Waals surface area contributed by atoms with Gasteiger partial charge in [0.1, 0.15) is 5.00 Å². The van der Waals surface area contributed by atoms with E-state index < -0.39 is 0 Å². The summed E-state index contributed by atoms with van der Waals surface area (Å²) in [7, 11) is 3.93. The first-order valence-corrected chi connectivity index (χ1v) is 7.48. The van der Waals surface area contributed by atoms with E-state index in [1.165, 1.54) is 0 Å². The first-order chi connectivity index (χ1) is 10.6. The Morgan fingerprint density at radius 2 is 2.00 bits per heavy atom. The lowest BCUT2D eigenvalue weighted by atomic mass is 10.1. The standard InChI is InChI=1S/C16H14N4OS/c1-17-14-15(21)19-22-16(14)18-13-11-7-5-4-6-10(11)8-9-12(13)20(2)3/h4-9,18H,2-3H3,(H,19,21). The van der Waals surface area contributed by atoms with Crippen molar-refractivity contribution in [2.45, 2.75) is 0 Å². The summed E-state index contributed by atoms with van der Waals surface area (Å²) < 4.78 is 2.60. The van der Waals surface area contributed by atoms with E-state index in [4.69, 9.17) is 6.57 Å². The predicted octanol–water partition coefficient (Wildman–Crippen LogP) is 3.95. The summed E-state index contributed by atoms with van der Waals surface area (Å²) in [6.07, 6.45) is 0. The van der Waals surface area contributed by atoms with E-state index in [0.717, 1.165) is 33.7 Å². The fourth-order valence-corrected chi connectivity index (χ4v) is 3.04. The third-order valence-corrected chi connectivity index (χ3v) is 4.20. The Morgan fingerprint density at radius 3 is 2.73 bits per heavy atom. The van der Waals surface area contributed by atoms with Crippen LogP contribution in [0.2, 0.25) is 0 Å². The van der Waals surface area contributed by atoms with Crippen LogP contribution in [0.5, 0.6) is 0 Å². The number of benzene rings is 2. The van der Waals surface area contributed by atoms with Gasteiger partial charge in [-0.3, -0.25) is 9.17 Å². The molecule has 2 N–H and O–H groups in total. The van der Waals surface area contributed by atoms with Crippen LogP contribution in [-0.4, -0.2) is 18.5 Å². The van der Waals surface area contributed by atoms with E-state index in [0.29, 0.717) is 5.00 Å². The molecule has 3 aromatic rings. The molecular formula is C16H14N4OS. The van der Waals surface area contributed by atoms with Crippen molar-refractivity contribution >= 4 is 44.4 Å². The number of rotatable bonds is 3. The first-order valence-electron chi connectivity index (χ1n) is 6.67. The molecule has 1 aromatic heterocycles. The van der Waals surface area contributed by atoms with Crippen LogP contribution in [0.1, 0.15) is 0 Å². The Morgan fingerprint density at radius 1 is 1.23 bits per heavy atom. The molecule has 1 heterocycles. The second-order valence-electron chi connectivity index (χ2n) is 5.02. The lowest BCUT2D eigenvalue weighted by molar-refractivity contribution is 1.14. The average molecular weight is 310 g/mol. The largest absolute Gasteiger partial charge is 0.376 e. The summed E-state index contributed by atoms with van der Waals surface area (Å²) >= 11 is 1.14. The third-order valence-electron chi connectivity index (χ3n) is 3.42. The Bertz CT molecular complexity index is 933. The van der Waals surface area contributed by atoms with Gasteiger partial charge in [-0.15, -0.1) is 0 Å². The maximum absolute atomic E-state index is 11.6. The molecule has 6 heteroatoms. The second-order valence-corrected chi connectivity index (χ2v) is 5.84. The van der Waals surface area contributed by atoms with Crippen LogP contribution in [0.3, 0.4) is 0 Å². The molecule has 0 saturated carbocycles. The van der Waals surface area contributed by atoms with Crippen LogP contribution < -0.4 is 15.8 Å². The summed E-state index contributed by atoms with van der Waals surface area (Å²) in [4.78, 5) is 17.0. The van der Waals surface area contributed by atoms with Crippen LogP contribution in [0.15, 0.2) is 41.2 Å². The van der Waals surface area contributed by atoms with Crippen molar-refractivity contribution in [2.75, 3.05) is 24.3 Å². The van der Waals surface area contributed by atoms with Gasteiger partial charge in [-0.05, 0) is 11.5 Å². The molecule has 0 unspecified atom stereocenters. The topological polar surface area (TPSA) is 52.5 Å². The molecule has 0 aliphatic rings. The molecule has 5 nitrogen and oxygen atoms in total. The molecule has 2 aromatic carbocycles. The molecular weight excluding hydrogens is 296 g/mol. The maximum atomic E-state index is 11.6. The number of nitrogens with one attached hydrogen (secondary N) is 2. The van der Waals surface area contributed by atoms with Gasteiger partial charge in [0, 0.05) is 19.5 Å². The Balaban J connectivity index is 2.22. The molecule has 0 amide bonds. The van der Waals surface area contributed by atoms with Crippen LogP contribution >= 0.6 is 11.5 Å². The zero-order valence-electron chi connectivity index (χ0n) is 12.2. The lowest BCUT2D eigenvalue weighted by Gasteiger charge is -2.20. The van der Waals surface area contributed by atoms with Gasteiger partial charge in [0.25, 0.3) is 11.2 Å². The van der Waals surface area contributed by atoms with Gasteiger partial charge in [-0.1, -0.05) is 41.9 Å². The monoisotopic (exact) mass is 310 g/mol. The van der Waals surface area contributed by atoms with Crippen molar-refractivity contribution in [2.24, 2.45) is 0 Å². The quantitative estimate of drug-likeness (QED) is 0.720. The number of H-pyrrole nitrogens is 1. The molecule has 0 aliphatic carbocycles. The minimum Gasteiger partial charge on any atom is -0.376 e. The molecule has 0 radical (unpaired) electrons. The van der Waals surface area contributed by atoms with Crippen LogP contribution in [-0.2, 0) is 0 Å². The van der Waals surface area contributed by atoms with Crippen molar-refractivity contribution in [3.8, 4) is 0 Å². The maximum Gasteiger partial charge on any atom is 0.285 e. The number of hydrogen-bond acceptors (Lipinski definition) is 4. The summed E-state index contributed by atoms with van der Waals surface area (Å²) in [5.74, 6) is 0. The van der Waals surface area contributed by atoms with Crippen molar-refractivity contribution < 1.29 is 0 Å². The SMILES string of the molecule is [C-]#[N+]c1c(Nc2c(N(C)C)ccc3ccccc23)s[nH]c1=O. The molecule has 0 aliphatic heterocycles. The van der Waals surface area contributed by atoms with Crippen LogP contribution in [0.25, 0.3) is 15.6 Å². The first kappa shape index (κ1) is 14.2. The van der Waals surface area contributed by atoms with Crippen molar-refractivity contribution in [3.63, 3.8) is 0 Å². The zero-order valence-corrected chi connectivity index (χ0v) is 13.0. The molecule has 0 atom stereocenters. The summed E-state index contributed by atoms with van der Waals surface area (Å²) in [5.41, 5.74) is 1.63. The van der Waals surface area contributed by atoms with Gasteiger partial charge in [0.15, 0.2) is 0 Å². The molecule has 0 fully saturated rings. The highest BCUT2D eigenvalue weighted by atomic mass is 32.1. The van der Waals surface area contributed by atoms with Gasteiger partial charge in [0.05, 0.1) is 17.9 Å². The fraction of sp³-hybridized carbons (Fsp3) is 0.125. The number of aromatic amines is 1. The van der Waals surface area contributed by atoms with Crippen molar-refractivity contribution in [1.82, 2.24) is 4.37 Å². The smallest absolute Gasteiger partial charge is 0.285 e. The van der Waals surface area contributed by atoms with Crippen molar-refractivity contribution in [1.29, 1.82) is 0 Å². The fourth-order valence-electron chi connectivity index (χ4n) is 2.36. The van der Waals surface area contributed by atoms with E-state index in [1.54, 1.807) is 0 Å². The van der Waals surface area contributed by atoms with Crippen LogP contribution in [0, 0.1) is 6.57 Å².